The molecule has 42 heavy (non-hydrogen) atoms. The Morgan fingerprint density at radius 1 is 0.929 bits per heavy atom. The van der Waals surface area contributed by atoms with E-state index in [2.05, 4.69) is 5.32 Å². The van der Waals surface area contributed by atoms with Gasteiger partial charge in [-0.15, -0.1) is 0 Å². The third-order valence-corrected chi connectivity index (χ3v) is 8.05. The van der Waals surface area contributed by atoms with Crippen LogP contribution in [0.25, 0.3) is 0 Å². The molecule has 0 unspecified atom stereocenters. The smallest absolute Gasteiger partial charge is 0.243 e. The molecule has 0 spiro atoms. The van der Waals surface area contributed by atoms with Gasteiger partial charge < -0.3 is 15.0 Å². The average Bonchev–Trinajstić information content (AvgIpc) is 2.98. The van der Waals surface area contributed by atoms with Crippen molar-refractivity contribution in [3.05, 3.63) is 95.8 Å². The molecule has 0 heterocycles. The molecule has 3 aromatic rings. The summed E-state index contributed by atoms with van der Waals surface area (Å²) in [5, 5.41) is 2.97. The molecule has 3 rings (SSSR count). The maximum atomic E-state index is 13.9. The number of para-hydroxylation sites is 2. The number of methoxy groups -OCH3 is 1. The Labute approximate surface area is 248 Å². The van der Waals surface area contributed by atoms with Gasteiger partial charge in [0.15, 0.2) is 0 Å². The molecule has 3 aromatic carbocycles. The van der Waals surface area contributed by atoms with Gasteiger partial charge in [0, 0.05) is 32.5 Å². The number of carbonyl (C=O) groups excluding carboxylic acids is 2. The fourth-order valence-corrected chi connectivity index (χ4v) is 5.63. The van der Waals surface area contributed by atoms with Crippen LogP contribution in [0.15, 0.2) is 78.9 Å². The van der Waals surface area contributed by atoms with Crippen LogP contribution in [-0.4, -0.2) is 57.6 Å². The van der Waals surface area contributed by atoms with E-state index in [1.165, 1.54) is 28.4 Å². The largest absolute Gasteiger partial charge is 0.495 e. The fourth-order valence-electron chi connectivity index (χ4n) is 4.66. The topological polar surface area (TPSA) is 96.0 Å². The first kappa shape index (κ1) is 32.6. The minimum absolute atomic E-state index is 0.00407. The summed E-state index contributed by atoms with van der Waals surface area (Å²) in [6.07, 6.45) is 3.32. The lowest BCUT2D eigenvalue weighted by Crippen LogP contribution is -2.50. The number of nitrogens with zero attached hydrogens (tertiary/aromatic N) is 2. The highest BCUT2D eigenvalue weighted by Gasteiger charge is 2.30. The third-order valence-electron chi connectivity index (χ3n) is 6.87. The summed E-state index contributed by atoms with van der Waals surface area (Å²) in [5.74, 6) is -0.570. The molecule has 8 nitrogen and oxygen atoms in total. The molecule has 2 amide bonds. The summed E-state index contributed by atoms with van der Waals surface area (Å²) in [4.78, 5) is 28.9. The van der Waals surface area contributed by atoms with Crippen LogP contribution in [0.4, 0.5) is 10.1 Å². The molecule has 0 aliphatic carbocycles. The van der Waals surface area contributed by atoms with Gasteiger partial charge in [-0.3, -0.25) is 13.9 Å². The monoisotopic (exact) mass is 597 g/mol. The highest BCUT2D eigenvalue weighted by molar-refractivity contribution is 7.92. The van der Waals surface area contributed by atoms with Gasteiger partial charge in [0.05, 0.1) is 19.1 Å². The maximum absolute atomic E-state index is 13.9. The Morgan fingerprint density at radius 2 is 1.60 bits per heavy atom. The Hall–Kier alpha value is -3.92. The molecule has 0 saturated heterocycles. The first-order valence-corrected chi connectivity index (χ1v) is 15.9. The van der Waals surface area contributed by atoms with Crippen molar-refractivity contribution in [2.24, 2.45) is 0 Å². The van der Waals surface area contributed by atoms with E-state index in [4.69, 9.17) is 4.74 Å². The number of anilines is 1. The van der Waals surface area contributed by atoms with Crippen LogP contribution in [0, 0.1) is 5.82 Å². The number of nitrogens with one attached hydrogen (secondary N) is 1. The summed E-state index contributed by atoms with van der Waals surface area (Å²) in [5.41, 5.74) is 1.95. The highest BCUT2D eigenvalue weighted by atomic mass is 32.2. The predicted molar refractivity (Wildman–Crippen MR) is 163 cm³/mol. The van der Waals surface area contributed by atoms with Crippen LogP contribution < -0.4 is 14.4 Å². The lowest BCUT2D eigenvalue weighted by atomic mass is 10.0. The van der Waals surface area contributed by atoms with Gasteiger partial charge >= 0.3 is 0 Å². The maximum Gasteiger partial charge on any atom is 0.243 e. The van der Waals surface area contributed by atoms with Crippen molar-refractivity contribution in [3.63, 3.8) is 0 Å². The van der Waals surface area contributed by atoms with Crippen LogP contribution in [0.3, 0.4) is 0 Å². The summed E-state index contributed by atoms with van der Waals surface area (Å²) in [7, 11) is -2.21. The SMILES string of the molecule is CCCCNC(=O)[C@@H](Cc1ccccc1)N(Cc1ccc(F)cc1)C(=O)CCCN(c1ccccc1OC)S(C)(=O)=O. The zero-order valence-corrected chi connectivity index (χ0v) is 25.3. The second kappa shape index (κ2) is 15.9. The van der Waals surface area contributed by atoms with Crippen LogP contribution in [0.5, 0.6) is 5.75 Å². The summed E-state index contributed by atoms with van der Waals surface area (Å²) in [6, 6.07) is 21.3. The lowest BCUT2D eigenvalue weighted by molar-refractivity contribution is -0.141. The van der Waals surface area contributed by atoms with Crippen molar-refractivity contribution in [3.8, 4) is 5.75 Å². The van der Waals surface area contributed by atoms with Crippen molar-refractivity contribution >= 4 is 27.5 Å². The molecule has 0 radical (unpaired) electrons. The van der Waals surface area contributed by atoms with Gasteiger partial charge in [0.1, 0.15) is 17.6 Å². The first-order valence-electron chi connectivity index (χ1n) is 14.1. The molecule has 1 atom stereocenters. The zero-order valence-electron chi connectivity index (χ0n) is 24.5. The van der Waals surface area contributed by atoms with E-state index in [1.54, 1.807) is 36.4 Å². The zero-order chi connectivity index (χ0) is 30.5. The number of carbonyl (C=O) groups is 2. The van der Waals surface area contributed by atoms with Gasteiger partial charge in [-0.25, -0.2) is 12.8 Å². The molecule has 0 bridgehead atoms. The first-order chi connectivity index (χ1) is 20.1. The van der Waals surface area contributed by atoms with Crippen molar-refractivity contribution in [1.82, 2.24) is 10.2 Å². The molecular formula is C32H40FN3O5S. The van der Waals surface area contributed by atoms with Crippen molar-refractivity contribution < 1.29 is 27.1 Å². The van der Waals surface area contributed by atoms with Crippen LogP contribution in [-0.2, 0) is 32.6 Å². The van der Waals surface area contributed by atoms with Gasteiger partial charge in [-0.1, -0.05) is 67.9 Å². The Balaban J connectivity index is 1.88. The average molecular weight is 598 g/mol. The number of ether oxygens (including phenoxy) is 1. The van der Waals surface area contributed by atoms with E-state index in [-0.39, 0.29) is 37.7 Å². The Bertz CT molecular complexity index is 1400. The predicted octanol–water partition coefficient (Wildman–Crippen LogP) is 4.94. The van der Waals surface area contributed by atoms with Crippen LogP contribution in [0.1, 0.15) is 43.7 Å². The van der Waals surface area contributed by atoms with Crippen LogP contribution >= 0.6 is 0 Å². The number of rotatable bonds is 16. The van der Waals surface area contributed by atoms with E-state index in [9.17, 15) is 22.4 Å². The van der Waals surface area contributed by atoms with E-state index >= 15 is 0 Å². The highest BCUT2D eigenvalue weighted by Crippen LogP contribution is 2.30. The number of unbranched alkanes of at least 4 members (excludes halogenated alkanes) is 1. The standard InChI is InChI=1S/C32H40FN3O5S/c1-4-5-21-34-32(38)29(23-25-12-7-6-8-13-25)35(24-26-17-19-27(33)20-18-26)31(37)16-11-22-36(42(3,39)40)28-14-9-10-15-30(28)41-2/h6-10,12-15,17-20,29H,4-5,11,16,21-24H2,1-3H3,(H,34,38)/t29-/m1/s1. The summed E-state index contributed by atoms with van der Waals surface area (Å²) >= 11 is 0. The number of hydrogen-bond acceptors (Lipinski definition) is 5. The minimum Gasteiger partial charge on any atom is -0.495 e. The molecule has 1 N–H and O–H groups in total. The molecule has 0 saturated carbocycles. The molecule has 0 aliphatic rings. The van der Waals surface area contributed by atoms with E-state index in [1.807, 2.05) is 37.3 Å². The normalized spacial score (nSPS) is 11.9. The second-order valence-corrected chi connectivity index (χ2v) is 12.0. The quantitative estimate of drug-likeness (QED) is 0.236. The number of hydrogen-bond donors (Lipinski definition) is 1. The molecule has 10 heteroatoms. The third kappa shape index (κ3) is 9.58. The van der Waals surface area contributed by atoms with Crippen molar-refractivity contribution in [2.75, 3.05) is 30.8 Å². The van der Waals surface area contributed by atoms with Gasteiger partial charge in [0.2, 0.25) is 21.8 Å². The number of sulfonamides is 1. The summed E-state index contributed by atoms with van der Waals surface area (Å²) in [6.45, 7) is 2.66. The van der Waals surface area contributed by atoms with E-state index in [0.29, 0.717) is 30.0 Å². The lowest BCUT2D eigenvalue weighted by Gasteiger charge is -2.32. The second-order valence-electron chi connectivity index (χ2n) is 10.1. The van der Waals surface area contributed by atoms with Crippen molar-refractivity contribution in [2.45, 2.75) is 51.6 Å². The Morgan fingerprint density at radius 3 is 2.24 bits per heavy atom. The minimum atomic E-state index is -3.68. The fraction of sp³-hybridized carbons (Fsp3) is 0.375. The number of amides is 2. The van der Waals surface area contributed by atoms with Gasteiger partial charge in [0.25, 0.3) is 0 Å². The molecule has 0 aromatic heterocycles. The number of halogens is 1. The van der Waals surface area contributed by atoms with Gasteiger partial charge in [-0.05, 0) is 48.2 Å². The van der Waals surface area contributed by atoms with Gasteiger partial charge in [-0.2, -0.15) is 0 Å². The molecular weight excluding hydrogens is 557 g/mol. The molecule has 0 fully saturated rings. The number of benzene rings is 3. The van der Waals surface area contributed by atoms with Crippen LogP contribution in [0.2, 0.25) is 0 Å². The van der Waals surface area contributed by atoms with E-state index in [0.717, 1.165) is 24.7 Å². The van der Waals surface area contributed by atoms with Crippen molar-refractivity contribution in [1.29, 1.82) is 0 Å². The Kier molecular flexibility index (Phi) is 12.3. The summed E-state index contributed by atoms with van der Waals surface area (Å²) < 4.78 is 45.6. The molecule has 226 valence electrons. The van der Waals surface area contributed by atoms with E-state index < -0.39 is 21.9 Å². The molecule has 0 aliphatic heterocycles.